The number of hydrogen-bond donors (Lipinski definition) is 1. The Morgan fingerprint density at radius 2 is 2.13 bits per heavy atom. The number of nitrogens with zero attached hydrogens (tertiary/aromatic N) is 1. The molecule has 0 atom stereocenters. The first-order chi connectivity index (χ1) is 6.81. The summed E-state index contributed by atoms with van der Waals surface area (Å²) in [6, 6.07) is 1.48. The molecule has 15 heavy (non-hydrogen) atoms. The van der Waals surface area contributed by atoms with E-state index in [0.29, 0.717) is 0 Å². The van der Waals surface area contributed by atoms with Crippen molar-refractivity contribution in [1.82, 2.24) is 4.98 Å². The number of nitrogen functional groups attached to an aromatic ring is 1. The zero-order valence-corrected chi connectivity index (χ0v) is 9.63. The van der Waals surface area contributed by atoms with E-state index in [1.807, 2.05) is 0 Å². The number of carbonyl (C=O) groups excluding carboxylic acids is 1. The lowest BCUT2D eigenvalue weighted by atomic mass is 10.2. The number of hydrogen-bond acceptors (Lipinski definition) is 4. The summed E-state index contributed by atoms with van der Waals surface area (Å²) in [5, 5.41) is 0.131. The lowest BCUT2D eigenvalue weighted by Gasteiger charge is -2.19. The molecule has 0 saturated carbocycles. The van der Waals surface area contributed by atoms with E-state index < -0.39 is 11.6 Å². The Bertz CT molecular complexity index is 385. The van der Waals surface area contributed by atoms with Gasteiger partial charge in [-0.3, -0.25) is 0 Å². The summed E-state index contributed by atoms with van der Waals surface area (Å²) >= 11 is 5.83. The highest BCUT2D eigenvalue weighted by Crippen LogP contribution is 2.23. The number of esters is 1. The minimum absolute atomic E-state index is 0.125. The molecule has 5 heteroatoms. The highest BCUT2D eigenvalue weighted by molar-refractivity contribution is 6.35. The van der Waals surface area contributed by atoms with Gasteiger partial charge >= 0.3 is 5.97 Å². The molecule has 0 saturated heterocycles. The number of rotatable bonds is 1. The Hall–Kier alpha value is -1.29. The van der Waals surface area contributed by atoms with E-state index in [1.54, 1.807) is 20.8 Å². The second kappa shape index (κ2) is 4.06. The van der Waals surface area contributed by atoms with Gasteiger partial charge in [0.1, 0.15) is 11.4 Å². The van der Waals surface area contributed by atoms with Gasteiger partial charge in [-0.05, 0) is 26.8 Å². The predicted octanol–water partition coefficient (Wildman–Crippen LogP) is 2.27. The molecule has 0 bridgehead atoms. The lowest BCUT2D eigenvalue weighted by molar-refractivity contribution is 0.00697. The molecule has 0 radical (unpaired) electrons. The molecule has 1 rings (SSSR count). The third-order valence-corrected chi connectivity index (χ3v) is 1.93. The SMILES string of the molecule is CC(C)(C)OC(=O)c1ccnc(N)c1Cl. The molecule has 4 nitrogen and oxygen atoms in total. The Labute approximate surface area is 93.4 Å². The van der Waals surface area contributed by atoms with Crippen LogP contribution in [-0.2, 0) is 4.74 Å². The quantitative estimate of drug-likeness (QED) is 0.749. The van der Waals surface area contributed by atoms with Crippen LogP contribution in [-0.4, -0.2) is 16.6 Å². The summed E-state index contributed by atoms with van der Waals surface area (Å²) in [4.78, 5) is 15.4. The van der Waals surface area contributed by atoms with Gasteiger partial charge in [0.2, 0.25) is 0 Å². The second-order valence-electron chi connectivity index (χ2n) is 4.06. The van der Waals surface area contributed by atoms with Gasteiger partial charge in [-0.1, -0.05) is 11.6 Å². The summed E-state index contributed by atoms with van der Waals surface area (Å²) in [5.74, 6) is -0.373. The fourth-order valence-corrected chi connectivity index (χ4v) is 1.14. The highest BCUT2D eigenvalue weighted by Gasteiger charge is 2.20. The van der Waals surface area contributed by atoms with Crippen LogP contribution in [0.25, 0.3) is 0 Å². The molecule has 0 aliphatic heterocycles. The fourth-order valence-electron chi connectivity index (χ4n) is 0.951. The number of pyridine rings is 1. The minimum Gasteiger partial charge on any atom is -0.456 e. The van der Waals surface area contributed by atoms with E-state index in [9.17, 15) is 4.79 Å². The van der Waals surface area contributed by atoms with Crippen LogP contribution in [0.2, 0.25) is 5.02 Å². The Morgan fingerprint density at radius 1 is 1.53 bits per heavy atom. The zero-order chi connectivity index (χ0) is 11.6. The van der Waals surface area contributed by atoms with E-state index in [2.05, 4.69) is 4.98 Å². The standard InChI is InChI=1S/C10H13ClN2O2/c1-10(2,3)15-9(14)6-4-5-13-8(12)7(6)11/h4-5H,1-3H3,(H2,12,13). The predicted molar refractivity (Wildman–Crippen MR) is 58.8 cm³/mol. The van der Waals surface area contributed by atoms with E-state index >= 15 is 0 Å². The molecule has 0 aliphatic carbocycles. The molecule has 0 unspecified atom stereocenters. The fraction of sp³-hybridized carbons (Fsp3) is 0.400. The van der Waals surface area contributed by atoms with E-state index in [4.69, 9.17) is 22.1 Å². The van der Waals surface area contributed by atoms with Gasteiger partial charge in [-0.2, -0.15) is 0 Å². The average molecular weight is 229 g/mol. The van der Waals surface area contributed by atoms with Gasteiger partial charge in [0.05, 0.1) is 10.6 Å². The van der Waals surface area contributed by atoms with Crippen molar-refractivity contribution >= 4 is 23.4 Å². The summed E-state index contributed by atoms with van der Waals surface area (Å²) in [6.45, 7) is 5.34. The molecule has 0 aromatic carbocycles. The Morgan fingerprint density at radius 3 is 2.67 bits per heavy atom. The average Bonchev–Trinajstić information content (AvgIpc) is 2.06. The Balaban J connectivity index is 2.97. The number of ether oxygens (including phenoxy) is 1. The topological polar surface area (TPSA) is 65.2 Å². The zero-order valence-electron chi connectivity index (χ0n) is 8.87. The molecule has 0 amide bonds. The van der Waals surface area contributed by atoms with Crippen molar-refractivity contribution in [2.45, 2.75) is 26.4 Å². The van der Waals surface area contributed by atoms with Crippen LogP contribution in [0.4, 0.5) is 5.82 Å². The van der Waals surface area contributed by atoms with Crippen LogP contribution in [0, 0.1) is 0 Å². The van der Waals surface area contributed by atoms with Crippen LogP contribution < -0.4 is 5.73 Å². The normalized spacial score (nSPS) is 11.2. The van der Waals surface area contributed by atoms with Gasteiger partial charge in [-0.25, -0.2) is 9.78 Å². The monoisotopic (exact) mass is 228 g/mol. The summed E-state index contributed by atoms with van der Waals surface area (Å²) in [5.41, 5.74) is 5.15. The van der Waals surface area contributed by atoms with Gasteiger partial charge in [-0.15, -0.1) is 0 Å². The largest absolute Gasteiger partial charge is 0.456 e. The van der Waals surface area contributed by atoms with Crippen LogP contribution in [0.15, 0.2) is 12.3 Å². The van der Waals surface area contributed by atoms with Crippen LogP contribution in [0.1, 0.15) is 31.1 Å². The van der Waals surface area contributed by atoms with Crippen LogP contribution in [0.3, 0.4) is 0 Å². The van der Waals surface area contributed by atoms with Crippen molar-refractivity contribution in [3.63, 3.8) is 0 Å². The molecule has 1 aromatic rings. The maximum absolute atomic E-state index is 11.6. The highest BCUT2D eigenvalue weighted by atomic mass is 35.5. The summed E-state index contributed by atoms with van der Waals surface area (Å²) in [6.07, 6.45) is 1.42. The molecule has 0 fully saturated rings. The van der Waals surface area contributed by atoms with Crippen molar-refractivity contribution in [3.8, 4) is 0 Å². The van der Waals surface area contributed by atoms with Gasteiger partial charge in [0.15, 0.2) is 0 Å². The summed E-state index contributed by atoms with van der Waals surface area (Å²) in [7, 11) is 0. The van der Waals surface area contributed by atoms with E-state index in [-0.39, 0.29) is 16.4 Å². The first-order valence-corrected chi connectivity index (χ1v) is 4.82. The number of carbonyl (C=O) groups is 1. The first kappa shape index (κ1) is 11.8. The van der Waals surface area contributed by atoms with Gasteiger partial charge < -0.3 is 10.5 Å². The minimum atomic E-state index is -0.557. The maximum atomic E-state index is 11.6. The Kier molecular flexibility index (Phi) is 3.19. The number of halogens is 1. The van der Waals surface area contributed by atoms with Crippen molar-refractivity contribution in [3.05, 3.63) is 22.8 Å². The van der Waals surface area contributed by atoms with Crippen molar-refractivity contribution < 1.29 is 9.53 Å². The summed E-state index contributed by atoms with van der Waals surface area (Å²) < 4.78 is 5.15. The molecular weight excluding hydrogens is 216 g/mol. The van der Waals surface area contributed by atoms with Crippen molar-refractivity contribution in [2.75, 3.05) is 5.73 Å². The molecule has 1 heterocycles. The van der Waals surface area contributed by atoms with Crippen molar-refractivity contribution in [1.29, 1.82) is 0 Å². The van der Waals surface area contributed by atoms with E-state index in [0.717, 1.165) is 0 Å². The van der Waals surface area contributed by atoms with E-state index in [1.165, 1.54) is 12.3 Å². The van der Waals surface area contributed by atoms with Gasteiger partial charge in [0.25, 0.3) is 0 Å². The van der Waals surface area contributed by atoms with Crippen LogP contribution in [0.5, 0.6) is 0 Å². The second-order valence-corrected chi connectivity index (χ2v) is 4.44. The maximum Gasteiger partial charge on any atom is 0.340 e. The molecule has 2 N–H and O–H groups in total. The third kappa shape index (κ3) is 3.09. The lowest BCUT2D eigenvalue weighted by Crippen LogP contribution is -2.24. The first-order valence-electron chi connectivity index (χ1n) is 4.44. The number of aromatic nitrogens is 1. The number of nitrogens with two attached hydrogens (primary N) is 1. The van der Waals surface area contributed by atoms with Gasteiger partial charge in [0, 0.05) is 6.20 Å². The number of anilines is 1. The molecule has 1 aromatic heterocycles. The molecule has 82 valence electrons. The third-order valence-electron chi connectivity index (χ3n) is 1.53. The smallest absolute Gasteiger partial charge is 0.340 e. The van der Waals surface area contributed by atoms with Crippen LogP contribution >= 0.6 is 11.6 Å². The molecular formula is C10H13ClN2O2. The molecule has 0 aliphatic rings. The molecule has 0 spiro atoms. The van der Waals surface area contributed by atoms with Crippen molar-refractivity contribution in [2.24, 2.45) is 0 Å².